The second-order valence-corrected chi connectivity index (χ2v) is 9.61. The average Bonchev–Trinajstić information content (AvgIpc) is 2.88. The highest BCUT2D eigenvalue weighted by Gasteiger charge is 2.36. The molecule has 0 saturated carbocycles. The van der Waals surface area contributed by atoms with Crippen molar-refractivity contribution in [3.63, 3.8) is 0 Å². The monoisotopic (exact) mass is 480 g/mol. The molecule has 0 aliphatic carbocycles. The normalized spacial score (nSPS) is 15.4. The summed E-state index contributed by atoms with van der Waals surface area (Å²) in [7, 11) is -2.74. The van der Waals surface area contributed by atoms with Crippen molar-refractivity contribution in [2.75, 3.05) is 25.1 Å². The zero-order chi connectivity index (χ0) is 24.1. The zero-order valence-electron chi connectivity index (χ0n) is 18.5. The van der Waals surface area contributed by atoms with Gasteiger partial charge in [0.15, 0.2) is 0 Å². The minimum Gasteiger partial charge on any atom is -0.475 e. The fraction of sp³-hybridized carbons (Fsp3) is 0.200. The van der Waals surface area contributed by atoms with Crippen LogP contribution in [0.1, 0.15) is 5.56 Å². The van der Waals surface area contributed by atoms with Crippen molar-refractivity contribution in [1.82, 2.24) is 4.31 Å². The molecule has 0 saturated heterocycles. The molecule has 1 heterocycles. The zero-order valence-corrected chi connectivity index (χ0v) is 19.4. The van der Waals surface area contributed by atoms with Gasteiger partial charge in [-0.3, -0.25) is 4.79 Å². The molecule has 3 aromatic rings. The third-order valence-electron chi connectivity index (χ3n) is 5.43. The molecule has 0 N–H and O–H groups in total. The molecule has 1 aliphatic heterocycles. The number of carbonyl (C=O) groups is 2. The first-order valence-electron chi connectivity index (χ1n) is 10.6. The Morgan fingerprint density at radius 2 is 1.59 bits per heavy atom. The fourth-order valence-corrected chi connectivity index (χ4v) is 5.11. The van der Waals surface area contributed by atoms with E-state index in [1.54, 1.807) is 54.6 Å². The van der Waals surface area contributed by atoms with Crippen LogP contribution < -0.4 is 9.64 Å². The van der Waals surface area contributed by atoms with E-state index in [2.05, 4.69) is 0 Å². The van der Waals surface area contributed by atoms with Crippen LogP contribution in [0, 0.1) is 0 Å². The van der Waals surface area contributed by atoms with Gasteiger partial charge >= 0.3 is 5.97 Å². The standard InChI is InChI=1S/C25H24N2O6S/c1-32-25(29)23-17-27(21-14-8-9-15-22(21)33-23)24(28)18-26(16-19-10-4-2-5-11-19)34(30,31)20-12-6-3-7-13-20/h2-15,23H,16-18H2,1H3/t23-/m0/s1. The van der Waals surface area contributed by atoms with Crippen molar-refractivity contribution in [2.45, 2.75) is 17.5 Å². The van der Waals surface area contributed by atoms with E-state index in [1.807, 2.05) is 18.2 Å². The van der Waals surface area contributed by atoms with Crippen LogP contribution >= 0.6 is 0 Å². The van der Waals surface area contributed by atoms with Gasteiger partial charge in [-0.15, -0.1) is 0 Å². The molecule has 0 radical (unpaired) electrons. The first kappa shape index (κ1) is 23.5. The van der Waals surface area contributed by atoms with E-state index < -0.39 is 34.5 Å². The third-order valence-corrected chi connectivity index (χ3v) is 7.24. The molecule has 0 aromatic heterocycles. The number of anilines is 1. The maximum atomic E-state index is 13.5. The predicted molar refractivity (Wildman–Crippen MR) is 126 cm³/mol. The Hall–Kier alpha value is -3.69. The number of esters is 1. The molecule has 34 heavy (non-hydrogen) atoms. The summed E-state index contributed by atoms with van der Waals surface area (Å²) in [6, 6.07) is 23.8. The Kier molecular flexibility index (Phi) is 6.95. The third kappa shape index (κ3) is 4.95. The average molecular weight is 481 g/mol. The molecular formula is C25H24N2O6S. The van der Waals surface area contributed by atoms with E-state index in [4.69, 9.17) is 9.47 Å². The Balaban J connectivity index is 1.67. The van der Waals surface area contributed by atoms with Crippen molar-refractivity contribution in [3.8, 4) is 5.75 Å². The molecule has 0 bridgehead atoms. The van der Waals surface area contributed by atoms with E-state index in [1.165, 1.54) is 24.1 Å². The van der Waals surface area contributed by atoms with E-state index in [0.717, 1.165) is 9.87 Å². The van der Waals surface area contributed by atoms with Gasteiger partial charge in [-0.25, -0.2) is 13.2 Å². The number of hydrogen-bond acceptors (Lipinski definition) is 6. The SMILES string of the molecule is COC(=O)[C@@H]1CN(C(=O)CN(Cc2ccccc2)S(=O)(=O)c2ccccc2)c2ccccc2O1. The van der Waals surface area contributed by atoms with E-state index in [0.29, 0.717) is 11.4 Å². The number of sulfonamides is 1. The van der Waals surface area contributed by atoms with Gasteiger partial charge in [0.1, 0.15) is 5.75 Å². The van der Waals surface area contributed by atoms with Gasteiger partial charge in [0.25, 0.3) is 0 Å². The summed E-state index contributed by atoms with van der Waals surface area (Å²) in [5.74, 6) is -0.761. The quantitative estimate of drug-likeness (QED) is 0.483. The van der Waals surface area contributed by atoms with Crippen molar-refractivity contribution < 1.29 is 27.5 Å². The molecule has 1 aliphatic rings. The van der Waals surface area contributed by atoms with Crippen LogP contribution in [-0.2, 0) is 30.9 Å². The largest absolute Gasteiger partial charge is 0.475 e. The van der Waals surface area contributed by atoms with Crippen molar-refractivity contribution >= 4 is 27.6 Å². The summed E-state index contributed by atoms with van der Waals surface area (Å²) in [5, 5.41) is 0. The Morgan fingerprint density at radius 3 is 2.26 bits per heavy atom. The minimum atomic E-state index is -3.98. The number of carbonyl (C=O) groups excluding carboxylic acids is 2. The minimum absolute atomic E-state index is 0.0101. The molecule has 1 atom stereocenters. The van der Waals surface area contributed by atoms with Gasteiger partial charge in [0, 0.05) is 6.54 Å². The molecule has 0 spiro atoms. The van der Waals surface area contributed by atoms with Gasteiger partial charge in [0.05, 0.1) is 30.8 Å². The molecule has 0 unspecified atom stereocenters. The van der Waals surface area contributed by atoms with Crippen LogP contribution in [0.2, 0.25) is 0 Å². The fourth-order valence-electron chi connectivity index (χ4n) is 3.72. The maximum Gasteiger partial charge on any atom is 0.348 e. The number of ether oxygens (including phenoxy) is 2. The van der Waals surface area contributed by atoms with Crippen LogP contribution in [0.4, 0.5) is 5.69 Å². The van der Waals surface area contributed by atoms with Crippen LogP contribution in [0.3, 0.4) is 0 Å². The molecule has 176 valence electrons. The number of rotatable bonds is 7. The van der Waals surface area contributed by atoms with E-state index >= 15 is 0 Å². The molecular weight excluding hydrogens is 456 g/mol. The molecule has 4 rings (SSSR count). The Labute approximate surface area is 198 Å². The van der Waals surface area contributed by atoms with Crippen molar-refractivity contribution in [3.05, 3.63) is 90.5 Å². The van der Waals surface area contributed by atoms with Crippen molar-refractivity contribution in [1.29, 1.82) is 0 Å². The van der Waals surface area contributed by atoms with Crippen LogP contribution in [0.15, 0.2) is 89.8 Å². The molecule has 0 fully saturated rings. The number of amides is 1. The van der Waals surface area contributed by atoms with Crippen molar-refractivity contribution in [2.24, 2.45) is 0 Å². The Morgan fingerprint density at radius 1 is 0.971 bits per heavy atom. The number of para-hydroxylation sites is 2. The lowest BCUT2D eigenvalue weighted by atomic mass is 10.2. The predicted octanol–water partition coefficient (Wildman–Crippen LogP) is 2.84. The van der Waals surface area contributed by atoms with Crippen LogP contribution in [-0.4, -0.2) is 50.9 Å². The maximum absolute atomic E-state index is 13.5. The van der Waals surface area contributed by atoms with Crippen LogP contribution in [0.5, 0.6) is 5.75 Å². The first-order valence-corrected chi connectivity index (χ1v) is 12.1. The lowest BCUT2D eigenvalue weighted by Crippen LogP contribution is -2.50. The number of benzene rings is 3. The first-order chi connectivity index (χ1) is 16.4. The highest BCUT2D eigenvalue weighted by Crippen LogP contribution is 2.33. The second-order valence-electron chi connectivity index (χ2n) is 7.67. The lowest BCUT2D eigenvalue weighted by molar-refractivity contribution is -0.148. The summed E-state index contributed by atoms with van der Waals surface area (Å²) in [6.07, 6.45) is -1.02. The molecule has 3 aromatic carbocycles. The number of methoxy groups -OCH3 is 1. The summed E-state index contributed by atoms with van der Waals surface area (Å²) in [6.45, 7) is -0.502. The summed E-state index contributed by atoms with van der Waals surface area (Å²) in [5.41, 5.74) is 1.20. The Bertz CT molecular complexity index is 1260. The van der Waals surface area contributed by atoms with Gasteiger partial charge in [-0.05, 0) is 29.8 Å². The van der Waals surface area contributed by atoms with E-state index in [9.17, 15) is 18.0 Å². The van der Waals surface area contributed by atoms with E-state index in [-0.39, 0.29) is 18.0 Å². The molecule has 1 amide bonds. The highest BCUT2D eigenvalue weighted by atomic mass is 32.2. The highest BCUT2D eigenvalue weighted by molar-refractivity contribution is 7.89. The number of fused-ring (bicyclic) bond motifs is 1. The lowest BCUT2D eigenvalue weighted by Gasteiger charge is -2.34. The summed E-state index contributed by atoms with van der Waals surface area (Å²) >= 11 is 0. The van der Waals surface area contributed by atoms with Gasteiger partial charge < -0.3 is 14.4 Å². The summed E-state index contributed by atoms with van der Waals surface area (Å²) < 4.78 is 38.6. The van der Waals surface area contributed by atoms with Gasteiger partial charge in [-0.2, -0.15) is 4.31 Å². The molecule has 9 heteroatoms. The topological polar surface area (TPSA) is 93.2 Å². The summed E-state index contributed by atoms with van der Waals surface area (Å²) in [4.78, 5) is 27.1. The van der Waals surface area contributed by atoms with Gasteiger partial charge in [-0.1, -0.05) is 60.7 Å². The van der Waals surface area contributed by atoms with Gasteiger partial charge in [0.2, 0.25) is 22.0 Å². The smallest absolute Gasteiger partial charge is 0.348 e. The molecule has 8 nitrogen and oxygen atoms in total. The number of nitrogens with zero attached hydrogens (tertiary/aromatic N) is 2. The van der Waals surface area contributed by atoms with Crippen LogP contribution in [0.25, 0.3) is 0 Å². The number of hydrogen-bond donors (Lipinski definition) is 0. The second kappa shape index (κ2) is 10.1.